The highest BCUT2D eigenvalue weighted by molar-refractivity contribution is 9.10. The summed E-state index contributed by atoms with van der Waals surface area (Å²) in [7, 11) is -1.35. The highest BCUT2D eigenvalue weighted by Crippen LogP contribution is 2.37. The predicted molar refractivity (Wildman–Crippen MR) is 198 cm³/mol. The molecule has 1 heterocycles. The van der Waals surface area contributed by atoms with Crippen LogP contribution >= 0.6 is 15.9 Å². The number of carbonyl (C=O) groups excluding carboxylic acids is 2. The van der Waals surface area contributed by atoms with Gasteiger partial charge in [0.05, 0.1) is 13.2 Å². The molecule has 0 saturated carbocycles. The monoisotopic (exact) mass is 719 g/mol. The molecular formula is C37H47BBrN3O6. The van der Waals surface area contributed by atoms with Gasteiger partial charge in [0.2, 0.25) is 0 Å². The van der Waals surface area contributed by atoms with Gasteiger partial charge in [0.15, 0.2) is 11.5 Å². The Hall–Kier alpha value is -4.37. The van der Waals surface area contributed by atoms with Gasteiger partial charge in [-0.15, -0.1) is 12.8 Å². The van der Waals surface area contributed by atoms with E-state index in [4.69, 9.17) is 19.5 Å². The zero-order chi connectivity index (χ0) is 36.1. The molecule has 11 heteroatoms. The maximum Gasteiger partial charge on any atom is 0.488 e. The number of ether oxygens (including phenoxy) is 2. The minimum absolute atomic E-state index is 0.240. The van der Waals surface area contributed by atoms with E-state index in [-0.39, 0.29) is 25.5 Å². The van der Waals surface area contributed by atoms with Gasteiger partial charge in [-0.2, -0.15) is 5.10 Å². The van der Waals surface area contributed by atoms with Crippen molar-refractivity contribution in [3.8, 4) is 12.8 Å². The number of hydrogen-bond donors (Lipinski definition) is 3. The molecule has 0 saturated heterocycles. The summed E-state index contributed by atoms with van der Waals surface area (Å²) >= 11 is 3.61. The molecule has 0 radical (unpaired) electrons. The van der Waals surface area contributed by atoms with Gasteiger partial charge < -0.3 is 24.8 Å². The Labute approximate surface area is 294 Å². The summed E-state index contributed by atoms with van der Waals surface area (Å²) < 4.78 is 12.0. The second-order valence-corrected chi connectivity index (χ2v) is 11.3. The van der Waals surface area contributed by atoms with Crippen LogP contribution in [0.4, 0.5) is 0 Å². The number of fused-ring (bicyclic) bond motifs is 1. The van der Waals surface area contributed by atoms with E-state index in [2.05, 4.69) is 60.0 Å². The molecular weight excluding hydrogens is 673 g/mol. The van der Waals surface area contributed by atoms with Crippen LogP contribution in [-0.4, -0.2) is 52.9 Å². The van der Waals surface area contributed by atoms with Gasteiger partial charge in [0.25, 0.3) is 5.91 Å². The van der Waals surface area contributed by atoms with E-state index in [0.29, 0.717) is 17.8 Å². The second kappa shape index (κ2) is 23.0. The molecule has 1 aliphatic rings. The number of nitrogens with one attached hydrogen (secondary N) is 1. The predicted octanol–water partition coefficient (Wildman–Crippen LogP) is 5.82. The highest BCUT2D eigenvalue weighted by Gasteiger charge is 2.32. The Kier molecular flexibility index (Phi) is 20.0. The molecule has 4 rings (SSSR count). The third-order valence-electron chi connectivity index (χ3n) is 6.29. The van der Waals surface area contributed by atoms with Crippen LogP contribution in [0.5, 0.6) is 0 Å². The molecule has 1 amide bonds. The molecule has 0 fully saturated rings. The first-order valence-corrected chi connectivity index (χ1v) is 16.5. The molecule has 3 aromatic carbocycles. The Balaban J connectivity index is 0.000000597. The fourth-order valence-electron chi connectivity index (χ4n) is 4.20. The molecule has 1 aliphatic heterocycles. The lowest BCUT2D eigenvalue weighted by molar-refractivity contribution is -0.143. The fraction of sp³-hybridized carbons (Fsp3) is 0.324. The van der Waals surface area contributed by atoms with E-state index in [0.717, 1.165) is 33.3 Å². The summed E-state index contributed by atoms with van der Waals surface area (Å²) in [6.07, 6.45) is 10.2. The SMILES string of the molecule is C#C.CCC.CCOC(=O)CNC(=O)C1=C(OCc2ccccc2)c2cccc(Br)c2CN1N=C(C)C.CCc1ccc(B(O)O)cc1. The molecule has 0 spiro atoms. The van der Waals surface area contributed by atoms with Crippen molar-refractivity contribution in [2.45, 2.75) is 67.5 Å². The fourth-order valence-corrected chi connectivity index (χ4v) is 4.69. The zero-order valence-corrected chi connectivity index (χ0v) is 30.3. The van der Waals surface area contributed by atoms with Crippen LogP contribution in [0.3, 0.4) is 0 Å². The summed E-state index contributed by atoms with van der Waals surface area (Å²) in [4.78, 5) is 25.0. The smallest absolute Gasteiger partial charge is 0.486 e. The van der Waals surface area contributed by atoms with Crippen molar-refractivity contribution in [3.63, 3.8) is 0 Å². The summed E-state index contributed by atoms with van der Waals surface area (Å²) in [6.45, 7) is 12.4. The summed E-state index contributed by atoms with van der Waals surface area (Å²) in [5, 5.41) is 26.3. The van der Waals surface area contributed by atoms with Crippen LogP contribution in [0.25, 0.3) is 5.76 Å². The van der Waals surface area contributed by atoms with Gasteiger partial charge in [-0.25, -0.2) is 0 Å². The number of amides is 1. The third kappa shape index (κ3) is 13.8. The minimum Gasteiger partial charge on any atom is -0.486 e. The number of hydrogen-bond acceptors (Lipinski definition) is 8. The third-order valence-corrected chi connectivity index (χ3v) is 7.03. The number of esters is 1. The van der Waals surface area contributed by atoms with E-state index in [1.807, 2.05) is 74.5 Å². The Morgan fingerprint density at radius 3 is 2.10 bits per heavy atom. The molecule has 3 N–H and O–H groups in total. The Bertz CT molecular complexity index is 1500. The number of benzene rings is 3. The van der Waals surface area contributed by atoms with Crippen molar-refractivity contribution in [1.82, 2.24) is 10.3 Å². The molecule has 0 atom stereocenters. The van der Waals surface area contributed by atoms with Crippen molar-refractivity contribution in [2.75, 3.05) is 13.2 Å². The number of rotatable bonds is 10. The lowest BCUT2D eigenvalue weighted by Gasteiger charge is -2.31. The minimum atomic E-state index is -1.35. The molecule has 256 valence electrons. The van der Waals surface area contributed by atoms with Gasteiger partial charge in [-0.1, -0.05) is 110 Å². The van der Waals surface area contributed by atoms with Crippen molar-refractivity contribution in [3.05, 3.63) is 105 Å². The molecule has 0 bridgehead atoms. The molecule has 0 unspecified atom stereocenters. The lowest BCUT2D eigenvalue weighted by Crippen LogP contribution is -2.39. The van der Waals surface area contributed by atoms with E-state index >= 15 is 0 Å². The van der Waals surface area contributed by atoms with Crippen LogP contribution in [0.2, 0.25) is 0 Å². The molecule has 3 aromatic rings. The number of hydrazone groups is 1. The van der Waals surface area contributed by atoms with Gasteiger partial charge >= 0.3 is 13.1 Å². The van der Waals surface area contributed by atoms with Gasteiger partial charge in [-0.3, -0.25) is 14.6 Å². The topological polar surface area (TPSA) is 121 Å². The largest absolute Gasteiger partial charge is 0.488 e. The first kappa shape index (κ1) is 41.7. The number of aryl methyl sites for hydroxylation is 1. The summed E-state index contributed by atoms with van der Waals surface area (Å²) in [5.74, 6) is -0.562. The zero-order valence-electron chi connectivity index (χ0n) is 28.7. The standard InChI is InChI=1S/C24H26BrN3O4.C8H11BO2.C3H8.C2H2/c1-4-31-21(29)13-26-24(30)22-23(32-15-17-9-6-5-7-10-17)18-11-8-12-20(25)19(18)14-28(22)27-16(2)3;1-2-7-3-5-8(6-4-7)9(10)11;1-3-2;1-2/h5-12H,4,13-15H2,1-3H3,(H,26,30);3-6,10-11H,2H2,1H3;3H2,1-2H3;1-2H. The van der Waals surface area contributed by atoms with Crippen molar-refractivity contribution in [1.29, 1.82) is 0 Å². The van der Waals surface area contributed by atoms with Crippen molar-refractivity contribution < 1.29 is 29.1 Å². The summed E-state index contributed by atoms with van der Waals surface area (Å²) in [6, 6.07) is 22.7. The van der Waals surface area contributed by atoms with Crippen LogP contribution in [-0.2, 0) is 38.6 Å². The maximum absolute atomic E-state index is 13.2. The summed E-state index contributed by atoms with van der Waals surface area (Å²) in [5.41, 5.74) is 5.50. The molecule has 9 nitrogen and oxygen atoms in total. The van der Waals surface area contributed by atoms with Crippen LogP contribution in [0, 0.1) is 12.8 Å². The first-order chi connectivity index (χ1) is 23.1. The first-order valence-electron chi connectivity index (χ1n) is 15.8. The number of nitrogens with zero attached hydrogens (tertiary/aromatic N) is 2. The van der Waals surface area contributed by atoms with Gasteiger partial charge in [0, 0.05) is 15.7 Å². The lowest BCUT2D eigenvalue weighted by atomic mass is 9.80. The average molecular weight is 721 g/mol. The van der Waals surface area contributed by atoms with Crippen molar-refractivity contribution in [2.24, 2.45) is 5.10 Å². The normalized spacial score (nSPS) is 11.1. The van der Waals surface area contributed by atoms with Gasteiger partial charge in [0.1, 0.15) is 13.2 Å². The molecule has 48 heavy (non-hydrogen) atoms. The van der Waals surface area contributed by atoms with Crippen LogP contribution in [0.15, 0.2) is 88.1 Å². The quantitative estimate of drug-likeness (QED) is 0.105. The number of terminal acetylenes is 1. The Morgan fingerprint density at radius 2 is 1.56 bits per heavy atom. The maximum atomic E-state index is 13.2. The molecule has 0 aliphatic carbocycles. The van der Waals surface area contributed by atoms with Crippen molar-refractivity contribution >= 4 is 51.9 Å². The number of carbonyl (C=O) groups is 2. The molecule has 0 aromatic heterocycles. The highest BCUT2D eigenvalue weighted by atomic mass is 79.9. The Morgan fingerprint density at radius 1 is 0.938 bits per heavy atom. The number of halogens is 1. The average Bonchev–Trinajstić information content (AvgIpc) is 3.08. The van der Waals surface area contributed by atoms with E-state index in [1.54, 1.807) is 24.1 Å². The van der Waals surface area contributed by atoms with Crippen LogP contribution < -0.4 is 10.8 Å². The van der Waals surface area contributed by atoms with Gasteiger partial charge in [-0.05, 0) is 55.4 Å². The van der Waals surface area contributed by atoms with E-state index in [1.165, 1.54) is 12.0 Å². The van der Waals surface area contributed by atoms with Crippen LogP contribution in [0.1, 0.15) is 70.2 Å². The van der Waals surface area contributed by atoms with E-state index in [9.17, 15) is 9.59 Å². The van der Waals surface area contributed by atoms with E-state index < -0.39 is 19.0 Å². The second-order valence-electron chi connectivity index (χ2n) is 10.5.